The minimum Gasteiger partial charge on any atom is -0.204 e. The van der Waals surface area contributed by atoms with E-state index in [0.717, 1.165) is 12.5 Å². The summed E-state index contributed by atoms with van der Waals surface area (Å²) in [5, 5.41) is 0. The van der Waals surface area contributed by atoms with E-state index in [2.05, 4.69) is 36.7 Å². The van der Waals surface area contributed by atoms with E-state index >= 15 is 0 Å². The van der Waals surface area contributed by atoms with Gasteiger partial charge in [-0.05, 0) is 29.9 Å². The van der Waals surface area contributed by atoms with Gasteiger partial charge in [0.1, 0.15) is 0 Å². The zero-order chi connectivity index (χ0) is 12.3. The number of rotatable bonds is 4. The molecule has 16 heavy (non-hydrogen) atoms. The van der Waals surface area contributed by atoms with E-state index in [1.165, 1.54) is 0 Å². The standard InChI is InChI=1S/C13H17BrF2/c1-9(14)7-13(2,3)8-10-5-4-6-11(15)12(10)16/h4-6,9H,7-8H2,1-3H3. The van der Waals surface area contributed by atoms with Gasteiger partial charge in [-0.15, -0.1) is 0 Å². The van der Waals surface area contributed by atoms with Gasteiger partial charge in [0.25, 0.3) is 0 Å². The van der Waals surface area contributed by atoms with Gasteiger partial charge in [-0.1, -0.05) is 48.8 Å². The van der Waals surface area contributed by atoms with Gasteiger partial charge in [-0.2, -0.15) is 0 Å². The van der Waals surface area contributed by atoms with Gasteiger partial charge in [-0.3, -0.25) is 0 Å². The average molecular weight is 291 g/mol. The predicted octanol–water partition coefficient (Wildman–Crippen LogP) is 4.71. The summed E-state index contributed by atoms with van der Waals surface area (Å²) in [6.07, 6.45) is 1.47. The van der Waals surface area contributed by atoms with Crippen molar-refractivity contribution in [3.05, 3.63) is 35.4 Å². The molecule has 1 aromatic carbocycles. The molecule has 3 heteroatoms. The van der Waals surface area contributed by atoms with Crippen molar-refractivity contribution in [2.75, 3.05) is 0 Å². The number of halogens is 3. The van der Waals surface area contributed by atoms with Crippen molar-refractivity contribution < 1.29 is 8.78 Å². The smallest absolute Gasteiger partial charge is 0.162 e. The van der Waals surface area contributed by atoms with E-state index in [4.69, 9.17) is 0 Å². The number of benzene rings is 1. The molecule has 0 aliphatic rings. The molecule has 0 bridgehead atoms. The summed E-state index contributed by atoms with van der Waals surface area (Å²) in [5.74, 6) is -1.47. The van der Waals surface area contributed by atoms with E-state index in [9.17, 15) is 8.78 Å². The van der Waals surface area contributed by atoms with Crippen LogP contribution in [-0.2, 0) is 6.42 Å². The Morgan fingerprint density at radius 2 is 1.94 bits per heavy atom. The van der Waals surface area contributed by atoms with Gasteiger partial charge >= 0.3 is 0 Å². The summed E-state index contributed by atoms with van der Waals surface area (Å²) < 4.78 is 26.5. The maximum absolute atomic E-state index is 13.5. The fraction of sp³-hybridized carbons (Fsp3) is 0.538. The predicted molar refractivity (Wildman–Crippen MR) is 66.8 cm³/mol. The first-order chi connectivity index (χ1) is 7.32. The lowest BCUT2D eigenvalue weighted by molar-refractivity contribution is 0.327. The van der Waals surface area contributed by atoms with Crippen molar-refractivity contribution in [1.82, 2.24) is 0 Å². The van der Waals surface area contributed by atoms with Crippen LogP contribution in [0, 0.1) is 17.0 Å². The van der Waals surface area contributed by atoms with Crippen LogP contribution in [0.15, 0.2) is 18.2 Å². The Hall–Kier alpha value is -0.440. The zero-order valence-corrected chi connectivity index (χ0v) is 11.4. The van der Waals surface area contributed by atoms with Crippen LogP contribution < -0.4 is 0 Å². The third-order valence-corrected chi connectivity index (χ3v) is 2.86. The van der Waals surface area contributed by atoms with Crippen molar-refractivity contribution in [3.8, 4) is 0 Å². The second-order valence-electron chi connectivity index (χ2n) is 5.04. The summed E-state index contributed by atoms with van der Waals surface area (Å²) >= 11 is 3.49. The molecule has 0 fully saturated rings. The molecule has 0 saturated carbocycles. The molecule has 90 valence electrons. The molecule has 0 N–H and O–H groups in total. The molecule has 1 unspecified atom stereocenters. The molecule has 0 aromatic heterocycles. The molecule has 1 atom stereocenters. The van der Waals surface area contributed by atoms with Crippen LogP contribution in [0.2, 0.25) is 0 Å². The van der Waals surface area contributed by atoms with Gasteiger partial charge in [0.2, 0.25) is 0 Å². The summed E-state index contributed by atoms with van der Waals surface area (Å²) in [6, 6.07) is 4.36. The lowest BCUT2D eigenvalue weighted by Crippen LogP contribution is -2.19. The van der Waals surface area contributed by atoms with Crippen LogP contribution in [0.5, 0.6) is 0 Å². The molecule has 1 aromatic rings. The molecule has 0 aliphatic carbocycles. The number of hydrogen-bond donors (Lipinski definition) is 0. The fourth-order valence-electron chi connectivity index (χ4n) is 2.03. The Morgan fingerprint density at radius 1 is 1.31 bits per heavy atom. The first kappa shape index (κ1) is 13.6. The van der Waals surface area contributed by atoms with E-state index in [0.29, 0.717) is 16.8 Å². The molecule has 0 spiro atoms. The molecule has 0 nitrogen and oxygen atoms in total. The molecule has 0 saturated heterocycles. The van der Waals surface area contributed by atoms with Crippen LogP contribution in [0.25, 0.3) is 0 Å². The lowest BCUT2D eigenvalue weighted by Gasteiger charge is -2.26. The van der Waals surface area contributed by atoms with Gasteiger partial charge in [0, 0.05) is 4.83 Å². The van der Waals surface area contributed by atoms with Crippen LogP contribution in [0.4, 0.5) is 8.78 Å². The molecule has 0 amide bonds. The van der Waals surface area contributed by atoms with E-state index in [-0.39, 0.29) is 5.41 Å². The van der Waals surface area contributed by atoms with Crippen LogP contribution in [0.3, 0.4) is 0 Å². The van der Waals surface area contributed by atoms with E-state index in [1.807, 2.05) is 0 Å². The maximum atomic E-state index is 13.5. The molecule has 1 rings (SSSR count). The Balaban J connectivity index is 2.83. The normalized spacial score (nSPS) is 13.9. The molecule has 0 radical (unpaired) electrons. The van der Waals surface area contributed by atoms with E-state index in [1.54, 1.807) is 12.1 Å². The Labute approximate surface area is 104 Å². The fourth-order valence-corrected chi connectivity index (χ4v) is 2.91. The maximum Gasteiger partial charge on any atom is 0.162 e. The quantitative estimate of drug-likeness (QED) is 0.705. The van der Waals surface area contributed by atoms with Gasteiger partial charge in [-0.25, -0.2) is 8.78 Å². The van der Waals surface area contributed by atoms with Crippen LogP contribution in [0.1, 0.15) is 32.8 Å². The third-order valence-electron chi connectivity index (χ3n) is 2.53. The highest BCUT2D eigenvalue weighted by molar-refractivity contribution is 9.09. The van der Waals surface area contributed by atoms with Crippen molar-refractivity contribution in [3.63, 3.8) is 0 Å². The highest BCUT2D eigenvalue weighted by atomic mass is 79.9. The minimum absolute atomic E-state index is 0.0441. The highest BCUT2D eigenvalue weighted by Crippen LogP contribution is 2.30. The molecule has 0 aliphatic heterocycles. The Morgan fingerprint density at radius 3 is 2.50 bits per heavy atom. The number of alkyl halides is 1. The zero-order valence-electron chi connectivity index (χ0n) is 9.86. The van der Waals surface area contributed by atoms with Crippen molar-refractivity contribution in [2.24, 2.45) is 5.41 Å². The van der Waals surface area contributed by atoms with Gasteiger partial charge in [0.05, 0.1) is 0 Å². The van der Waals surface area contributed by atoms with E-state index < -0.39 is 11.6 Å². The summed E-state index contributed by atoms with van der Waals surface area (Å²) in [6.45, 7) is 6.19. The monoisotopic (exact) mass is 290 g/mol. The van der Waals surface area contributed by atoms with Gasteiger partial charge in [0.15, 0.2) is 11.6 Å². The minimum atomic E-state index is -0.764. The Bertz CT molecular complexity index is 359. The first-order valence-corrected chi connectivity index (χ1v) is 6.30. The van der Waals surface area contributed by atoms with Crippen LogP contribution >= 0.6 is 15.9 Å². The van der Waals surface area contributed by atoms with Gasteiger partial charge < -0.3 is 0 Å². The third kappa shape index (κ3) is 3.85. The van der Waals surface area contributed by atoms with Crippen LogP contribution in [-0.4, -0.2) is 4.83 Å². The lowest BCUT2D eigenvalue weighted by atomic mass is 9.81. The van der Waals surface area contributed by atoms with Crippen molar-refractivity contribution in [1.29, 1.82) is 0 Å². The van der Waals surface area contributed by atoms with Crippen molar-refractivity contribution >= 4 is 15.9 Å². The Kier molecular flexibility index (Phi) is 4.48. The topological polar surface area (TPSA) is 0 Å². The number of hydrogen-bond acceptors (Lipinski definition) is 0. The summed E-state index contributed by atoms with van der Waals surface area (Å²) in [7, 11) is 0. The van der Waals surface area contributed by atoms with Crippen molar-refractivity contribution in [2.45, 2.75) is 38.4 Å². The molecular weight excluding hydrogens is 274 g/mol. The average Bonchev–Trinajstić information content (AvgIpc) is 2.10. The SMILES string of the molecule is CC(Br)CC(C)(C)Cc1cccc(F)c1F. The second kappa shape index (κ2) is 5.26. The summed E-state index contributed by atoms with van der Waals surface area (Å²) in [5.41, 5.74) is 0.413. The molecule has 0 heterocycles. The largest absolute Gasteiger partial charge is 0.204 e. The second-order valence-corrected chi connectivity index (χ2v) is 6.60. The first-order valence-electron chi connectivity index (χ1n) is 5.39. The highest BCUT2D eigenvalue weighted by Gasteiger charge is 2.22. The molecular formula is C13H17BrF2. The summed E-state index contributed by atoms with van der Waals surface area (Å²) in [4.78, 5) is 0.374.